The third-order valence-corrected chi connectivity index (χ3v) is 4.42. The van der Waals surface area contributed by atoms with Gasteiger partial charge in [0.15, 0.2) is 0 Å². The Labute approximate surface area is 134 Å². The largest absolute Gasteiger partial charge is 0.370 e. The summed E-state index contributed by atoms with van der Waals surface area (Å²) in [4.78, 5) is 13.6. The van der Waals surface area contributed by atoms with Gasteiger partial charge < -0.3 is 5.32 Å². The molecule has 112 valence electrons. The van der Waals surface area contributed by atoms with E-state index in [1.165, 1.54) is 11.8 Å². The zero-order valence-electron chi connectivity index (χ0n) is 12.6. The van der Waals surface area contributed by atoms with E-state index in [0.29, 0.717) is 5.02 Å². The Morgan fingerprint density at radius 2 is 2.05 bits per heavy atom. The SMILES string of the molecule is CCNc1nc(C(C)C)nc(Sc2ncccc2Cl)c1C. The first-order valence-electron chi connectivity index (χ1n) is 6.93. The highest BCUT2D eigenvalue weighted by atomic mass is 35.5. The van der Waals surface area contributed by atoms with Crippen LogP contribution in [-0.4, -0.2) is 21.5 Å². The minimum absolute atomic E-state index is 0.265. The van der Waals surface area contributed by atoms with E-state index in [1.807, 2.05) is 19.1 Å². The predicted molar refractivity (Wildman–Crippen MR) is 88.4 cm³/mol. The Balaban J connectivity index is 2.44. The van der Waals surface area contributed by atoms with Crippen molar-refractivity contribution in [3.05, 3.63) is 34.7 Å². The number of hydrogen-bond donors (Lipinski definition) is 1. The van der Waals surface area contributed by atoms with E-state index in [1.54, 1.807) is 6.20 Å². The van der Waals surface area contributed by atoms with Crippen molar-refractivity contribution in [3.63, 3.8) is 0 Å². The molecular formula is C15H19ClN4S. The van der Waals surface area contributed by atoms with Crippen molar-refractivity contribution >= 4 is 29.2 Å². The Bertz CT molecular complexity index is 631. The molecule has 0 unspecified atom stereocenters. The van der Waals surface area contributed by atoms with Crippen LogP contribution in [0.5, 0.6) is 0 Å². The standard InChI is InChI=1S/C15H19ClN4S/c1-5-17-13-10(4)14(20-12(19-13)9(2)3)21-15-11(16)7-6-8-18-15/h6-9H,5H2,1-4H3,(H,17,19,20). The van der Waals surface area contributed by atoms with Gasteiger partial charge in [-0.1, -0.05) is 25.4 Å². The van der Waals surface area contributed by atoms with E-state index in [2.05, 4.69) is 41.0 Å². The first kappa shape index (κ1) is 16.0. The molecule has 0 amide bonds. The minimum Gasteiger partial charge on any atom is -0.370 e. The topological polar surface area (TPSA) is 50.7 Å². The molecule has 0 fully saturated rings. The average molecular weight is 323 g/mol. The number of hydrogen-bond acceptors (Lipinski definition) is 5. The summed E-state index contributed by atoms with van der Waals surface area (Å²) in [6, 6.07) is 3.66. The normalized spacial score (nSPS) is 11.0. The Hall–Kier alpha value is -1.33. The number of nitrogens with one attached hydrogen (secondary N) is 1. The molecule has 0 aromatic carbocycles. The van der Waals surface area contributed by atoms with Gasteiger partial charge in [0.25, 0.3) is 0 Å². The van der Waals surface area contributed by atoms with Crippen molar-refractivity contribution in [2.75, 3.05) is 11.9 Å². The molecule has 2 rings (SSSR count). The summed E-state index contributed by atoms with van der Waals surface area (Å²) in [5, 5.41) is 5.59. The molecule has 4 nitrogen and oxygen atoms in total. The lowest BCUT2D eigenvalue weighted by molar-refractivity contribution is 0.748. The van der Waals surface area contributed by atoms with Gasteiger partial charge in [-0.2, -0.15) is 0 Å². The maximum Gasteiger partial charge on any atom is 0.134 e. The van der Waals surface area contributed by atoms with Crippen molar-refractivity contribution in [1.82, 2.24) is 15.0 Å². The van der Waals surface area contributed by atoms with Crippen LogP contribution < -0.4 is 5.32 Å². The second-order valence-electron chi connectivity index (χ2n) is 4.94. The number of anilines is 1. The van der Waals surface area contributed by atoms with Gasteiger partial charge >= 0.3 is 0 Å². The number of pyridine rings is 1. The molecule has 0 aliphatic carbocycles. The first-order chi connectivity index (χ1) is 10.0. The molecule has 6 heteroatoms. The fourth-order valence-corrected chi connectivity index (χ4v) is 2.84. The molecule has 0 spiro atoms. The summed E-state index contributed by atoms with van der Waals surface area (Å²) < 4.78 is 0. The van der Waals surface area contributed by atoms with Crippen LogP contribution in [0.25, 0.3) is 0 Å². The van der Waals surface area contributed by atoms with E-state index in [0.717, 1.165) is 33.8 Å². The van der Waals surface area contributed by atoms with Crippen LogP contribution in [0, 0.1) is 6.92 Å². The van der Waals surface area contributed by atoms with Crippen molar-refractivity contribution in [1.29, 1.82) is 0 Å². The minimum atomic E-state index is 0.265. The fourth-order valence-electron chi connectivity index (χ4n) is 1.75. The van der Waals surface area contributed by atoms with Crippen LogP contribution in [0.2, 0.25) is 5.02 Å². The highest BCUT2D eigenvalue weighted by Crippen LogP contribution is 2.34. The van der Waals surface area contributed by atoms with Crippen molar-refractivity contribution < 1.29 is 0 Å². The van der Waals surface area contributed by atoms with E-state index in [-0.39, 0.29) is 5.92 Å². The van der Waals surface area contributed by atoms with Crippen molar-refractivity contribution in [3.8, 4) is 0 Å². The lowest BCUT2D eigenvalue weighted by atomic mass is 10.2. The average Bonchev–Trinajstić information content (AvgIpc) is 2.45. The molecule has 2 aromatic rings. The Kier molecular flexibility index (Phi) is 5.42. The van der Waals surface area contributed by atoms with Gasteiger partial charge in [-0.05, 0) is 37.7 Å². The maximum absolute atomic E-state index is 6.19. The molecule has 0 saturated carbocycles. The lowest BCUT2D eigenvalue weighted by Gasteiger charge is -2.14. The van der Waals surface area contributed by atoms with E-state index in [4.69, 9.17) is 11.6 Å². The molecule has 2 aromatic heterocycles. The molecule has 0 bridgehead atoms. The summed E-state index contributed by atoms with van der Waals surface area (Å²) in [5.74, 6) is 1.97. The van der Waals surface area contributed by atoms with Gasteiger partial charge in [0.1, 0.15) is 21.7 Å². The van der Waals surface area contributed by atoms with Gasteiger partial charge in [-0.25, -0.2) is 15.0 Å². The Morgan fingerprint density at radius 1 is 1.29 bits per heavy atom. The van der Waals surface area contributed by atoms with Gasteiger partial charge in [0.2, 0.25) is 0 Å². The molecule has 1 N–H and O–H groups in total. The van der Waals surface area contributed by atoms with Crippen LogP contribution in [0.4, 0.5) is 5.82 Å². The fraction of sp³-hybridized carbons (Fsp3) is 0.400. The third-order valence-electron chi connectivity index (χ3n) is 2.90. The second kappa shape index (κ2) is 7.09. The first-order valence-corrected chi connectivity index (χ1v) is 8.13. The third kappa shape index (κ3) is 3.86. The van der Waals surface area contributed by atoms with Gasteiger partial charge in [0.05, 0.1) is 5.02 Å². The molecule has 0 atom stereocenters. The van der Waals surface area contributed by atoms with Gasteiger partial charge in [-0.15, -0.1) is 0 Å². The smallest absolute Gasteiger partial charge is 0.134 e. The summed E-state index contributed by atoms with van der Waals surface area (Å²) in [6.45, 7) is 9.06. The van der Waals surface area contributed by atoms with Crippen LogP contribution >= 0.6 is 23.4 Å². The number of aromatic nitrogens is 3. The zero-order valence-corrected chi connectivity index (χ0v) is 14.2. The quantitative estimate of drug-likeness (QED) is 0.819. The monoisotopic (exact) mass is 322 g/mol. The molecular weight excluding hydrogens is 304 g/mol. The summed E-state index contributed by atoms with van der Waals surface area (Å²) >= 11 is 7.67. The van der Waals surface area contributed by atoms with E-state index < -0.39 is 0 Å². The molecule has 2 heterocycles. The van der Waals surface area contributed by atoms with Crippen LogP contribution in [0.3, 0.4) is 0 Å². The van der Waals surface area contributed by atoms with Gasteiger partial charge in [-0.3, -0.25) is 0 Å². The number of rotatable bonds is 5. The molecule has 21 heavy (non-hydrogen) atoms. The molecule has 0 aliphatic heterocycles. The van der Waals surface area contributed by atoms with Crippen LogP contribution in [0.1, 0.15) is 38.1 Å². The second-order valence-corrected chi connectivity index (χ2v) is 6.32. The van der Waals surface area contributed by atoms with Crippen molar-refractivity contribution in [2.45, 2.75) is 43.7 Å². The van der Waals surface area contributed by atoms with E-state index >= 15 is 0 Å². The van der Waals surface area contributed by atoms with E-state index in [9.17, 15) is 0 Å². The van der Waals surface area contributed by atoms with Crippen LogP contribution in [-0.2, 0) is 0 Å². The van der Waals surface area contributed by atoms with Crippen LogP contribution in [0.15, 0.2) is 28.4 Å². The summed E-state index contributed by atoms with van der Waals surface area (Å²) in [6.07, 6.45) is 1.74. The summed E-state index contributed by atoms with van der Waals surface area (Å²) in [7, 11) is 0. The zero-order chi connectivity index (χ0) is 15.4. The predicted octanol–water partition coefficient (Wildman–Crippen LogP) is 4.54. The summed E-state index contributed by atoms with van der Waals surface area (Å²) in [5.41, 5.74) is 1.02. The lowest BCUT2D eigenvalue weighted by Crippen LogP contribution is -2.08. The number of halogens is 1. The molecule has 0 saturated heterocycles. The van der Waals surface area contributed by atoms with Gasteiger partial charge in [0, 0.05) is 24.2 Å². The highest BCUT2D eigenvalue weighted by Gasteiger charge is 2.15. The number of nitrogens with zero attached hydrogens (tertiary/aromatic N) is 3. The molecule has 0 radical (unpaired) electrons. The molecule has 0 aliphatic rings. The maximum atomic E-state index is 6.19. The van der Waals surface area contributed by atoms with Crippen molar-refractivity contribution in [2.24, 2.45) is 0 Å². The Morgan fingerprint density at radius 3 is 2.67 bits per heavy atom. The highest BCUT2D eigenvalue weighted by molar-refractivity contribution is 7.99.